The largest absolute Gasteiger partial charge is 0.397 e. The lowest BCUT2D eigenvalue weighted by Gasteiger charge is -2.07. The molecule has 0 aliphatic heterocycles. The van der Waals surface area contributed by atoms with Gasteiger partial charge in [-0.15, -0.1) is 0 Å². The second-order valence-electron chi connectivity index (χ2n) is 4.71. The molecule has 6 heteroatoms. The molecule has 0 spiro atoms. The average molecular weight is 275 g/mol. The van der Waals surface area contributed by atoms with E-state index < -0.39 is 0 Å². The first-order valence-corrected chi connectivity index (χ1v) is 6.90. The zero-order valence-electron chi connectivity index (χ0n) is 11.7. The van der Waals surface area contributed by atoms with E-state index in [9.17, 15) is 4.79 Å². The zero-order valence-corrected chi connectivity index (χ0v) is 11.7. The minimum absolute atomic E-state index is 0.0637. The fourth-order valence-corrected chi connectivity index (χ4v) is 2.12. The first kappa shape index (κ1) is 14.2. The van der Waals surface area contributed by atoms with Gasteiger partial charge in [-0.2, -0.15) is 0 Å². The van der Waals surface area contributed by atoms with Crippen LogP contribution in [-0.4, -0.2) is 26.6 Å². The number of carbonyl (C=O) groups excluding carboxylic acids is 1. The van der Waals surface area contributed by atoms with Crippen molar-refractivity contribution in [2.24, 2.45) is 0 Å². The standard InChI is InChI=1S/C14H21N5O/c1-2-19-10-12(15)9-13(19)14(20)17-5-3-4-7-18-8-6-16-11-18/h6,8-11H,2-5,7,15H2,1H3,(H,17,20). The van der Waals surface area contributed by atoms with E-state index in [0.717, 1.165) is 25.9 Å². The Labute approximate surface area is 118 Å². The molecule has 0 fully saturated rings. The van der Waals surface area contributed by atoms with E-state index in [-0.39, 0.29) is 5.91 Å². The highest BCUT2D eigenvalue weighted by atomic mass is 16.1. The van der Waals surface area contributed by atoms with Gasteiger partial charge in [-0.3, -0.25) is 4.79 Å². The summed E-state index contributed by atoms with van der Waals surface area (Å²) >= 11 is 0. The summed E-state index contributed by atoms with van der Waals surface area (Å²) in [6.07, 6.45) is 9.24. The van der Waals surface area contributed by atoms with E-state index in [4.69, 9.17) is 5.73 Å². The van der Waals surface area contributed by atoms with Crippen LogP contribution in [0.4, 0.5) is 5.69 Å². The summed E-state index contributed by atoms with van der Waals surface area (Å²) in [5.74, 6) is -0.0637. The molecule has 0 saturated carbocycles. The molecule has 2 rings (SSSR count). The molecule has 0 atom stereocenters. The van der Waals surface area contributed by atoms with E-state index in [1.807, 2.05) is 22.3 Å². The van der Waals surface area contributed by atoms with Crippen molar-refractivity contribution in [1.82, 2.24) is 19.4 Å². The first-order chi connectivity index (χ1) is 9.70. The predicted octanol–water partition coefficient (Wildman–Crippen LogP) is 1.50. The van der Waals surface area contributed by atoms with E-state index in [1.54, 1.807) is 24.8 Å². The molecule has 108 valence electrons. The van der Waals surface area contributed by atoms with Crippen LogP contribution in [0, 0.1) is 0 Å². The lowest BCUT2D eigenvalue weighted by Crippen LogP contribution is -2.26. The molecule has 20 heavy (non-hydrogen) atoms. The van der Waals surface area contributed by atoms with Crippen molar-refractivity contribution < 1.29 is 4.79 Å². The Morgan fingerprint density at radius 2 is 2.30 bits per heavy atom. The van der Waals surface area contributed by atoms with Crippen LogP contribution in [0.2, 0.25) is 0 Å². The van der Waals surface area contributed by atoms with Gasteiger partial charge in [0.15, 0.2) is 0 Å². The minimum Gasteiger partial charge on any atom is -0.397 e. The molecule has 0 aromatic carbocycles. The van der Waals surface area contributed by atoms with Gasteiger partial charge in [0.1, 0.15) is 5.69 Å². The molecule has 1 amide bonds. The molecule has 2 aromatic rings. The van der Waals surface area contributed by atoms with E-state index in [1.165, 1.54) is 0 Å². The van der Waals surface area contributed by atoms with Gasteiger partial charge in [0.25, 0.3) is 5.91 Å². The maximum atomic E-state index is 12.0. The van der Waals surface area contributed by atoms with Gasteiger partial charge in [0.05, 0.1) is 12.0 Å². The van der Waals surface area contributed by atoms with Crippen LogP contribution < -0.4 is 11.1 Å². The number of nitrogens with two attached hydrogens (primary N) is 1. The Morgan fingerprint density at radius 1 is 1.45 bits per heavy atom. The third-order valence-electron chi connectivity index (χ3n) is 3.18. The van der Waals surface area contributed by atoms with Crippen LogP contribution in [0.1, 0.15) is 30.3 Å². The number of nitrogens with zero attached hydrogens (tertiary/aromatic N) is 3. The first-order valence-electron chi connectivity index (χ1n) is 6.90. The smallest absolute Gasteiger partial charge is 0.267 e. The molecular weight excluding hydrogens is 254 g/mol. The number of hydrogen-bond donors (Lipinski definition) is 2. The van der Waals surface area contributed by atoms with Gasteiger partial charge in [0.2, 0.25) is 0 Å². The Bertz CT molecular complexity index is 544. The summed E-state index contributed by atoms with van der Waals surface area (Å²) < 4.78 is 3.89. The Kier molecular flexibility index (Phi) is 4.81. The van der Waals surface area contributed by atoms with Crippen molar-refractivity contribution in [2.75, 3.05) is 12.3 Å². The quantitative estimate of drug-likeness (QED) is 0.752. The molecule has 0 aliphatic carbocycles. The molecule has 3 N–H and O–H groups in total. The number of aromatic nitrogens is 3. The number of hydrogen-bond acceptors (Lipinski definition) is 3. The topological polar surface area (TPSA) is 77.9 Å². The van der Waals surface area contributed by atoms with Crippen molar-refractivity contribution >= 4 is 11.6 Å². The highest BCUT2D eigenvalue weighted by Crippen LogP contribution is 2.10. The van der Waals surface area contributed by atoms with Crippen molar-refractivity contribution in [2.45, 2.75) is 32.9 Å². The Balaban J connectivity index is 1.72. The third-order valence-corrected chi connectivity index (χ3v) is 3.18. The third kappa shape index (κ3) is 3.63. The summed E-state index contributed by atoms with van der Waals surface area (Å²) in [4.78, 5) is 16.0. The molecule has 2 heterocycles. The van der Waals surface area contributed by atoms with Gasteiger partial charge in [0, 0.05) is 38.2 Å². The summed E-state index contributed by atoms with van der Waals surface area (Å²) in [5.41, 5.74) is 6.96. The molecule has 0 radical (unpaired) electrons. The summed E-state index contributed by atoms with van der Waals surface area (Å²) in [6, 6.07) is 1.71. The van der Waals surface area contributed by atoms with Crippen LogP contribution in [0.25, 0.3) is 0 Å². The average Bonchev–Trinajstić information content (AvgIpc) is 3.07. The van der Waals surface area contributed by atoms with Crippen molar-refractivity contribution in [3.05, 3.63) is 36.7 Å². The second-order valence-corrected chi connectivity index (χ2v) is 4.71. The van der Waals surface area contributed by atoms with Crippen LogP contribution in [0.5, 0.6) is 0 Å². The van der Waals surface area contributed by atoms with Crippen LogP contribution in [0.3, 0.4) is 0 Å². The van der Waals surface area contributed by atoms with Crippen molar-refractivity contribution in [1.29, 1.82) is 0 Å². The molecule has 2 aromatic heterocycles. The summed E-state index contributed by atoms with van der Waals surface area (Å²) in [5, 5.41) is 2.93. The van der Waals surface area contributed by atoms with Gasteiger partial charge < -0.3 is 20.2 Å². The number of rotatable bonds is 7. The molecular formula is C14H21N5O. The molecule has 0 saturated heterocycles. The Morgan fingerprint density at radius 3 is 3.00 bits per heavy atom. The predicted molar refractivity (Wildman–Crippen MR) is 78.3 cm³/mol. The lowest BCUT2D eigenvalue weighted by molar-refractivity contribution is 0.0943. The van der Waals surface area contributed by atoms with E-state index >= 15 is 0 Å². The molecule has 0 aliphatic rings. The summed E-state index contributed by atoms with van der Waals surface area (Å²) in [7, 11) is 0. The number of amides is 1. The SMILES string of the molecule is CCn1cc(N)cc1C(=O)NCCCCn1ccnc1. The Hall–Kier alpha value is -2.24. The fourth-order valence-electron chi connectivity index (χ4n) is 2.12. The van der Waals surface area contributed by atoms with E-state index in [2.05, 4.69) is 10.3 Å². The number of carbonyl (C=O) groups is 1. The maximum Gasteiger partial charge on any atom is 0.267 e. The van der Waals surface area contributed by atoms with Crippen LogP contribution in [0.15, 0.2) is 31.0 Å². The number of aryl methyl sites for hydroxylation is 2. The van der Waals surface area contributed by atoms with Crippen molar-refractivity contribution in [3.8, 4) is 0 Å². The highest BCUT2D eigenvalue weighted by molar-refractivity contribution is 5.93. The molecule has 0 unspecified atom stereocenters. The fraction of sp³-hybridized carbons (Fsp3) is 0.429. The van der Waals surface area contributed by atoms with Gasteiger partial charge in [-0.05, 0) is 25.8 Å². The minimum atomic E-state index is -0.0637. The van der Waals surface area contributed by atoms with Crippen LogP contribution in [-0.2, 0) is 13.1 Å². The normalized spacial score (nSPS) is 10.7. The molecule has 0 bridgehead atoms. The number of unbranched alkanes of at least 4 members (excludes halogenated alkanes) is 1. The second kappa shape index (κ2) is 6.79. The van der Waals surface area contributed by atoms with Gasteiger partial charge in [-0.25, -0.2) is 4.98 Å². The monoisotopic (exact) mass is 275 g/mol. The van der Waals surface area contributed by atoms with Crippen molar-refractivity contribution in [3.63, 3.8) is 0 Å². The number of anilines is 1. The highest BCUT2D eigenvalue weighted by Gasteiger charge is 2.11. The zero-order chi connectivity index (χ0) is 14.4. The van der Waals surface area contributed by atoms with E-state index in [0.29, 0.717) is 17.9 Å². The van der Waals surface area contributed by atoms with Gasteiger partial charge in [-0.1, -0.05) is 0 Å². The molecule has 6 nitrogen and oxygen atoms in total. The van der Waals surface area contributed by atoms with Crippen LogP contribution >= 0.6 is 0 Å². The summed E-state index contributed by atoms with van der Waals surface area (Å²) in [6.45, 7) is 4.32. The van der Waals surface area contributed by atoms with Gasteiger partial charge >= 0.3 is 0 Å². The number of nitrogen functional groups attached to an aromatic ring is 1. The number of imidazole rings is 1. The maximum absolute atomic E-state index is 12.0. The lowest BCUT2D eigenvalue weighted by atomic mass is 10.3. The number of nitrogens with one attached hydrogen (secondary N) is 1.